The molecule has 3 aromatic rings. The number of thiocarbonyl (C=S) groups is 1. The number of carbonyl (C=O) groups is 2. The van der Waals surface area contributed by atoms with Gasteiger partial charge >= 0.3 is 0 Å². The molecule has 0 aliphatic carbocycles. The number of hydrogen-bond donors (Lipinski definition) is 1. The number of rotatable bonds is 4. The number of carbonyl (C=O) groups excluding carboxylic acids is 2. The summed E-state index contributed by atoms with van der Waals surface area (Å²) in [7, 11) is 0. The highest BCUT2D eigenvalue weighted by Gasteiger charge is 2.32. The molecule has 1 N–H and O–H groups in total. The summed E-state index contributed by atoms with van der Waals surface area (Å²) in [4.78, 5) is 29.7. The molecule has 6 nitrogen and oxygen atoms in total. The van der Waals surface area contributed by atoms with E-state index in [0.29, 0.717) is 10.8 Å². The molecule has 8 heteroatoms. The van der Waals surface area contributed by atoms with Crippen molar-refractivity contribution in [2.24, 2.45) is 0 Å². The minimum absolute atomic E-state index is 0.132. The summed E-state index contributed by atoms with van der Waals surface area (Å²) in [5, 5.41) is 4.37. The lowest BCUT2D eigenvalue weighted by atomic mass is 10.1. The third kappa shape index (κ3) is 4.52. The van der Waals surface area contributed by atoms with E-state index in [4.69, 9.17) is 12.2 Å². The summed E-state index contributed by atoms with van der Waals surface area (Å²) in [5.74, 6) is -0.0693. The van der Waals surface area contributed by atoms with Gasteiger partial charge in [-0.05, 0) is 61.5 Å². The quantitative estimate of drug-likeness (QED) is 0.373. The van der Waals surface area contributed by atoms with Crippen LogP contribution in [-0.4, -0.2) is 39.5 Å². The van der Waals surface area contributed by atoms with Crippen LogP contribution in [0.15, 0.2) is 64.9 Å². The van der Waals surface area contributed by atoms with Crippen molar-refractivity contribution >= 4 is 67.7 Å². The van der Waals surface area contributed by atoms with Gasteiger partial charge in [-0.1, -0.05) is 47.0 Å². The first-order valence-electron chi connectivity index (χ1n) is 11.5. The third-order valence-corrected chi connectivity index (χ3v) is 7.11. The Balaban J connectivity index is 1.47. The van der Waals surface area contributed by atoms with Gasteiger partial charge in [0.15, 0.2) is 5.11 Å². The Kier molecular flexibility index (Phi) is 6.52. The molecular weight excluding hydrogens is 512 g/mol. The van der Waals surface area contributed by atoms with Crippen LogP contribution in [0.1, 0.15) is 31.2 Å². The predicted molar refractivity (Wildman–Crippen MR) is 142 cm³/mol. The lowest BCUT2D eigenvalue weighted by molar-refractivity contribution is -0.131. The van der Waals surface area contributed by atoms with Crippen molar-refractivity contribution in [1.82, 2.24) is 14.8 Å². The standard InChI is InChI=1S/C26H25BrN4O2S/c27-19-10-11-23-21(15-19)18(16-30(23)17-24(32)29-12-6-1-2-7-13-29)14-22-25(33)31(26(34)28-22)20-8-4-3-5-9-20/h3-5,8-11,14-16H,1-2,6-7,12-13,17H2,(H,28,34)/b22-14-. The normalized spacial score (nSPS) is 18.0. The van der Waals surface area contributed by atoms with E-state index in [0.717, 1.165) is 52.6 Å². The highest BCUT2D eigenvalue weighted by atomic mass is 79.9. The fraction of sp³-hybridized carbons (Fsp3) is 0.269. The van der Waals surface area contributed by atoms with Crippen LogP contribution in [0.4, 0.5) is 5.69 Å². The van der Waals surface area contributed by atoms with Gasteiger partial charge in [0.25, 0.3) is 5.91 Å². The summed E-state index contributed by atoms with van der Waals surface area (Å²) in [6, 6.07) is 15.3. The molecule has 0 unspecified atom stereocenters. The largest absolute Gasteiger partial charge is 0.341 e. The lowest BCUT2D eigenvalue weighted by Crippen LogP contribution is -2.34. The van der Waals surface area contributed by atoms with E-state index in [-0.39, 0.29) is 18.4 Å². The summed E-state index contributed by atoms with van der Waals surface area (Å²) >= 11 is 9.00. The number of fused-ring (bicyclic) bond motifs is 1. The monoisotopic (exact) mass is 536 g/mol. The molecule has 34 heavy (non-hydrogen) atoms. The molecule has 0 bridgehead atoms. The van der Waals surface area contributed by atoms with Crippen molar-refractivity contribution in [3.05, 3.63) is 70.5 Å². The lowest BCUT2D eigenvalue weighted by Gasteiger charge is -2.20. The van der Waals surface area contributed by atoms with E-state index in [2.05, 4.69) is 21.2 Å². The van der Waals surface area contributed by atoms with Crippen molar-refractivity contribution in [3.8, 4) is 0 Å². The summed E-state index contributed by atoms with van der Waals surface area (Å²) < 4.78 is 2.91. The van der Waals surface area contributed by atoms with Gasteiger partial charge < -0.3 is 14.8 Å². The average molecular weight is 537 g/mol. The molecule has 3 heterocycles. The number of halogens is 1. The molecule has 2 aliphatic heterocycles. The number of hydrogen-bond acceptors (Lipinski definition) is 3. The Labute approximate surface area is 212 Å². The maximum Gasteiger partial charge on any atom is 0.281 e. The van der Waals surface area contributed by atoms with Crippen molar-refractivity contribution in [3.63, 3.8) is 0 Å². The van der Waals surface area contributed by atoms with E-state index < -0.39 is 0 Å². The van der Waals surface area contributed by atoms with E-state index in [1.807, 2.05) is 70.3 Å². The van der Waals surface area contributed by atoms with Gasteiger partial charge in [-0.25, -0.2) is 0 Å². The van der Waals surface area contributed by atoms with Crippen molar-refractivity contribution in [2.45, 2.75) is 32.2 Å². The zero-order valence-electron chi connectivity index (χ0n) is 18.7. The van der Waals surface area contributed by atoms with Gasteiger partial charge in [-0.15, -0.1) is 0 Å². The molecule has 174 valence electrons. The van der Waals surface area contributed by atoms with Crippen LogP contribution in [0, 0.1) is 0 Å². The van der Waals surface area contributed by atoms with E-state index in [1.54, 1.807) is 0 Å². The van der Waals surface area contributed by atoms with Crippen LogP contribution < -0.4 is 10.2 Å². The smallest absolute Gasteiger partial charge is 0.281 e. The van der Waals surface area contributed by atoms with E-state index >= 15 is 0 Å². The highest BCUT2D eigenvalue weighted by molar-refractivity contribution is 9.10. The number of benzene rings is 2. The Morgan fingerprint density at radius 2 is 1.79 bits per heavy atom. The fourth-order valence-corrected chi connectivity index (χ4v) is 5.27. The van der Waals surface area contributed by atoms with Crippen molar-refractivity contribution < 1.29 is 9.59 Å². The molecule has 2 aromatic carbocycles. The Hall–Kier alpha value is -2.97. The van der Waals surface area contributed by atoms with Crippen LogP contribution in [0.25, 0.3) is 17.0 Å². The van der Waals surface area contributed by atoms with Gasteiger partial charge in [-0.2, -0.15) is 0 Å². The molecule has 0 saturated carbocycles. The third-order valence-electron chi connectivity index (χ3n) is 6.33. The van der Waals surface area contributed by atoms with Crippen LogP contribution in [0.3, 0.4) is 0 Å². The molecule has 0 atom stereocenters. The minimum Gasteiger partial charge on any atom is -0.341 e. The van der Waals surface area contributed by atoms with Crippen molar-refractivity contribution in [1.29, 1.82) is 0 Å². The number of nitrogens with zero attached hydrogens (tertiary/aromatic N) is 3. The second kappa shape index (κ2) is 9.72. The molecule has 2 fully saturated rings. The van der Waals surface area contributed by atoms with E-state index in [1.165, 1.54) is 17.7 Å². The molecule has 0 spiro atoms. The highest BCUT2D eigenvalue weighted by Crippen LogP contribution is 2.29. The molecule has 0 radical (unpaired) electrons. The van der Waals surface area contributed by atoms with Crippen LogP contribution in [0.5, 0.6) is 0 Å². The first-order valence-corrected chi connectivity index (χ1v) is 12.7. The maximum absolute atomic E-state index is 13.2. The van der Waals surface area contributed by atoms with E-state index in [9.17, 15) is 9.59 Å². The second-order valence-electron chi connectivity index (χ2n) is 8.63. The molecule has 2 amide bonds. The first kappa shape index (κ1) is 22.8. The first-order chi connectivity index (χ1) is 16.5. The molecular formula is C26H25BrN4O2S. The Morgan fingerprint density at radius 1 is 1.06 bits per heavy atom. The van der Waals surface area contributed by atoms with Gasteiger partial charge in [0.2, 0.25) is 5.91 Å². The Bertz CT molecular complexity index is 1290. The molecule has 1 aromatic heterocycles. The van der Waals surface area contributed by atoms with Gasteiger partial charge in [0.05, 0.1) is 5.69 Å². The van der Waals surface area contributed by atoms with Crippen LogP contribution in [-0.2, 0) is 16.1 Å². The van der Waals surface area contributed by atoms with Crippen LogP contribution in [0.2, 0.25) is 0 Å². The summed E-state index contributed by atoms with van der Waals surface area (Å²) in [6.45, 7) is 1.93. The number of para-hydroxylation sites is 1. The number of aromatic nitrogens is 1. The Morgan fingerprint density at radius 3 is 2.53 bits per heavy atom. The second-order valence-corrected chi connectivity index (χ2v) is 9.94. The number of amides is 2. The van der Waals surface area contributed by atoms with Crippen LogP contribution >= 0.6 is 28.1 Å². The average Bonchev–Trinajstić information content (AvgIpc) is 3.14. The maximum atomic E-state index is 13.2. The molecule has 5 rings (SSSR count). The van der Waals surface area contributed by atoms with Gasteiger partial charge in [0.1, 0.15) is 12.2 Å². The zero-order chi connectivity index (χ0) is 23.7. The van der Waals surface area contributed by atoms with Gasteiger partial charge in [0, 0.05) is 40.2 Å². The topological polar surface area (TPSA) is 57.6 Å². The number of nitrogens with one attached hydrogen (secondary N) is 1. The fourth-order valence-electron chi connectivity index (χ4n) is 4.61. The number of likely N-dealkylation sites (tertiary alicyclic amines) is 1. The van der Waals surface area contributed by atoms with Gasteiger partial charge in [-0.3, -0.25) is 14.5 Å². The summed E-state index contributed by atoms with van der Waals surface area (Å²) in [6.07, 6.45) is 8.26. The number of anilines is 1. The SMILES string of the molecule is O=C(Cn1cc(/C=C2\NC(=S)N(c3ccccc3)C2=O)c2cc(Br)ccc21)N1CCCCCC1. The minimum atomic E-state index is -0.201. The molecule has 2 saturated heterocycles. The molecule has 2 aliphatic rings. The summed E-state index contributed by atoms with van der Waals surface area (Å²) in [5.41, 5.74) is 2.94. The predicted octanol–water partition coefficient (Wildman–Crippen LogP) is 5.07. The zero-order valence-corrected chi connectivity index (χ0v) is 21.1. The van der Waals surface area contributed by atoms with Crippen molar-refractivity contribution in [2.75, 3.05) is 18.0 Å².